The van der Waals surface area contributed by atoms with Crippen LogP contribution in [-0.4, -0.2) is 94.6 Å². The average Bonchev–Trinajstić information content (AvgIpc) is 3.40. The van der Waals surface area contributed by atoms with Gasteiger partial charge in [0.15, 0.2) is 17.4 Å². The van der Waals surface area contributed by atoms with Crippen LogP contribution in [0.3, 0.4) is 0 Å². The molecule has 6 atom stereocenters. The lowest BCUT2D eigenvalue weighted by Crippen LogP contribution is -2.33. The van der Waals surface area contributed by atoms with Gasteiger partial charge in [-0.05, 0) is 18.0 Å². The van der Waals surface area contributed by atoms with Crippen molar-refractivity contribution in [2.24, 2.45) is 0 Å². The number of fused-ring (bicyclic) bond motifs is 1. The minimum absolute atomic E-state index is 0.00101. The quantitative estimate of drug-likeness (QED) is 0.237. The minimum Gasteiger partial charge on any atom is -0.387 e. The zero-order valence-electron chi connectivity index (χ0n) is 16.8. The van der Waals surface area contributed by atoms with Gasteiger partial charge in [-0.3, -0.25) is 9.13 Å². The van der Waals surface area contributed by atoms with Crippen molar-refractivity contribution in [1.82, 2.24) is 19.6 Å². The number of aliphatic hydroxyl groups excluding tert-OH is 2. The van der Waals surface area contributed by atoms with E-state index in [0.717, 1.165) is 6.42 Å². The zero-order valence-corrected chi connectivity index (χ0v) is 19.4. The zero-order chi connectivity index (χ0) is 24.0. The summed E-state index contributed by atoms with van der Waals surface area (Å²) in [5, 5.41) is 28.0. The number of nitrogens with one attached hydrogen (secondary N) is 1. The largest absolute Gasteiger partial charge is 0.387 e. The molecule has 2 aliphatic heterocycles. The van der Waals surface area contributed by atoms with Gasteiger partial charge < -0.3 is 44.2 Å². The van der Waals surface area contributed by atoms with Gasteiger partial charge >= 0.3 is 15.2 Å². The van der Waals surface area contributed by atoms with Crippen molar-refractivity contribution in [1.29, 1.82) is 0 Å². The molecule has 184 valence electrons. The third-order valence-corrected chi connectivity index (χ3v) is 8.71. The van der Waals surface area contributed by atoms with Gasteiger partial charge in [0.2, 0.25) is 5.28 Å². The van der Waals surface area contributed by atoms with Crippen molar-refractivity contribution in [2.75, 3.05) is 31.0 Å². The molecule has 0 aliphatic carbocycles. The molecule has 0 amide bonds. The Bertz CT molecular complexity index is 1110. The third kappa shape index (κ3) is 5.72. The van der Waals surface area contributed by atoms with Crippen LogP contribution in [0.15, 0.2) is 6.20 Å². The number of halogens is 1. The molecule has 0 radical (unpaired) electrons. The van der Waals surface area contributed by atoms with Gasteiger partial charge in [-0.1, -0.05) is 0 Å². The van der Waals surface area contributed by atoms with Gasteiger partial charge in [0.25, 0.3) is 0 Å². The van der Waals surface area contributed by atoms with E-state index in [2.05, 4.69) is 20.4 Å². The summed E-state index contributed by atoms with van der Waals surface area (Å²) in [7, 11) is -9.49. The summed E-state index contributed by atoms with van der Waals surface area (Å²) in [4.78, 5) is 35.8. The summed E-state index contributed by atoms with van der Waals surface area (Å²) >= 11 is 6.05. The Hall–Kier alpha value is -1.22. The Balaban J connectivity index is 1.53. The standard InChI is InChI=1S/C15H22ClN5O10P2/c16-15-19-13(18-7-1-2-29-4-7)14-17-3-8(21(14)20-15)12-11(23)10(22)9(31-12)5-30-33(27,28)6-32(24,25)26/h3,7,9-12,22-23H,1-2,4-6H2,(H,27,28)(H,18,19,20)(H2,24,25,26)/t7?,9-,10-,11-,12+/m1/s1. The maximum absolute atomic E-state index is 11.9. The van der Waals surface area contributed by atoms with Gasteiger partial charge in [0.1, 0.15) is 24.4 Å². The van der Waals surface area contributed by atoms with E-state index in [1.54, 1.807) is 0 Å². The fraction of sp³-hybridized carbons (Fsp3) is 0.667. The highest BCUT2D eigenvalue weighted by Gasteiger charge is 2.46. The number of aliphatic hydroxyl groups is 2. The number of nitrogens with zero attached hydrogens (tertiary/aromatic N) is 4. The van der Waals surface area contributed by atoms with Crippen molar-refractivity contribution in [3.8, 4) is 0 Å². The molecule has 0 aromatic carbocycles. The first kappa shape index (κ1) is 24.9. The third-order valence-electron chi connectivity index (χ3n) is 5.09. The van der Waals surface area contributed by atoms with Crippen LogP contribution >= 0.6 is 26.8 Å². The van der Waals surface area contributed by atoms with Gasteiger partial charge in [-0.25, -0.2) is 9.50 Å². The summed E-state index contributed by atoms with van der Waals surface area (Å²) in [5.41, 5.74) is 0.504. The molecule has 0 saturated carbocycles. The molecule has 4 rings (SSSR count). The summed E-state index contributed by atoms with van der Waals surface area (Å²) in [6.07, 6.45) is -3.37. The molecular weight excluding hydrogens is 508 g/mol. The Labute approximate surface area is 191 Å². The minimum atomic E-state index is -4.82. The van der Waals surface area contributed by atoms with Gasteiger partial charge in [-0.15, -0.1) is 5.10 Å². The van der Waals surface area contributed by atoms with E-state index in [1.165, 1.54) is 10.7 Å². The molecule has 2 aromatic rings. The van der Waals surface area contributed by atoms with Crippen LogP contribution in [-0.2, 0) is 23.1 Å². The van der Waals surface area contributed by atoms with E-state index < -0.39 is 52.1 Å². The van der Waals surface area contributed by atoms with Crippen molar-refractivity contribution >= 4 is 38.3 Å². The Morgan fingerprint density at radius 2 is 2.03 bits per heavy atom. The number of ether oxygens (including phenoxy) is 2. The average molecular weight is 530 g/mol. The summed E-state index contributed by atoms with van der Waals surface area (Å²) in [6, 6.07) is -0.00101. The maximum atomic E-state index is 11.9. The predicted molar refractivity (Wildman–Crippen MR) is 111 cm³/mol. The van der Waals surface area contributed by atoms with Crippen molar-refractivity contribution in [3.63, 3.8) is 0 Å². The van der Waals surface area contributed by atoms with Gasteiger partial charge in [0, 0.05) is 6.61 Å². The second kappa shape index (κ2) is 9.44. The molecule has 33 heavy (non-hydrogen) atoms. The summed E-state index contributed by atoms with van der Waals surface area (Å²) in [6.45, 7) is 0.380. The highest BCUT2D eigenvalue weighted by molar-refractivity contribution is 7.70. The highest BCUT2D eigenvalue weighted by atomic mass is 35.5. The fourth-order valence-corrected chi connectivity index (χ4v) is 6.33. The Morgan fingerprint density at radius 1 is 1.27 bits per heavy atom. The van der Waals surface area contributed by atoms with E-state index in [1.807, 2.05) is 0 Å². The van der Waals surface area contributed by atoms with Crippen LogP contribution in [0, 0.1) is 0 Å². The molecule has 0 spiro atoms. The summed E-state index contributed by atoms with van der Waals surface area (Å²) < 4.78 is 39.8. The number of hydrogen-bond donors (Lipinski definition) is 6. The fourth-order valence-electron chi connectivity index (χ4n) is 3.60. The number of rotatable bonds is 8. The predicted octanol–water partition coefficient (Wildman–Crippen LogP) is -0.523. The van der Waals surface area contributed by atoms with E-state index in [4.69, 9.17) is 35.4 Å². The number of anilines is 1. The van der Waals surface area contributed by atoms with Crippen LogP contribution in [0.4, 0.5) is 5.82 Å². The lowest BCUT2D eigenvalue weighted by atomic mass is 10.1. The van der Waals surface area contributed by atoms with Gasteiger partial charge in [0.05, 0.1) is 31.1 Å². The molecule has 2 saturated heterocycles. The second-order valence-electron chi connectivity index (χ2n) is 7.67. The number of hydrogen-bond acceptors (Lipinski definition) is 11. The SMILES string of the molecule is O=P(O)(O)CP(=O)(O)OC[C@H]1O[C@@H](c2cnc3c(NC4CCOC4)nc(Cl)nn23)[C@H](O)[C@@H]1O. The van der Waals surface area contributed by atoms with Crippen molar-refractivity contribution in [3.05, 3.63) is 17.2 Å². The lowest BCUT2D eigenvalue weighted by molar-refractivity contribution is -0.0204. The Morgan fingerprint density at radius 3 is 2.70 bits per heavy atom. The lowest BCUT2D eigenvalue weighted by Gasteiger charge is -2.18. The molecule has 15 nitrogen and oxygen atoms in total. The normalized spacial score (nSPS) is 30.1. The molecule has 2 aliphatic rings. The first-order chi connectivity index (χ1) is 15.4. The van der Waals surface area contributed by atoms with Crippen LogP contribution in [0.5, 0.6) is 0 Å². The highest BCUT2D eigenvalue weighted by Crippen LogP contribution is 2.55. The monoisotopic (exact) mass is 529 g/mol. The molecule has 6 N–H and O–H groups in total. The van der Waals surface area contributed by atoms with Crippen LogP contribution < -0.4 is 5.32 Å². The van der Waals surface area contributed by atoms with Crippen LogP contribution in [0.1, 0.15) is 18.2 Å². The molecule has 2 unspecified atom stereocenters. The summed E-state index contributed by atoms with van der Waals surface area (Å²) in [5.74, 6) is -1.05. The molecule has 2 fully saturated rings. The number of aromatic nitrogens is 4. The van der Waals surface area contributed by atoms with Crippen molar-refractivity contribution in [2.45, 2.75) is 36.9 Å². The molecule has 2 aromatic heterocycles. The van der Waals surface area contributed by atoms with E-state index in [9.17, 15) is 24.2 Å². The molecule has 18 heteroatoms. The number of imidazole rings is 1. The first-order valence-corrected chi connectivity index (χ1v) is 13.7. The topological polar surface area (TPSA) is 218 Å². The molecule has 4 heterocycles. The smallest absolute Gasteiger partial charge is 0.340 e. The molecule has 0 bridgehead atoms. The maximum Gasteiger partial charge on any atom is 0.340 e. The van der Waals surface area contributed by atoms with Crippen LogP contribution in [0.2, 0.25) is 5.28 Å². The second-order valence-corrected chi connectivity index (χ2v) is 12.0. The van der Waals surface area contributed by atoms with Crippen molar-refractivity contribution < 1.29 is 48.0 Å². The van der Waals surface area contributed by atoms with Gasteiger partial charge in [-0.2, -0.15) is 4.98 Å². The molecular formula is C15H22ClN5O10P2. The Kier molecular flexibility index (Phi) is 7.12. The van der Waals surface area contributed by atoms with Crippen LogP contribution in [0.25, 0.3) is 5.65 Å². The van der Waals surface area contributed by atoms with E-state index >= 15 is 0 Å². The van der Waals surface area contributed by atoms with E-state index in [0.29, 0.717) is 19.0 Å². The first-order valence-electron chi connectivity index (χ1n) is 9.71. The van der Waals surface area contributed by atoms with E-state index in [-0.39, 0.29) is 22.7 Å².